The molecular formula is C14H20ClN3O. The number of piperazine rings is 1. The smallest absolute Gasteiger partial charge is 0.321 e. The van der Waals surface area contributed by atoms with Crippen LogP contribution in [-0.2, 0) is 0 Å². The number of nitrogens with zero attached hydrogens (tertiary/aromatic N) is 2. The Labute approximate surface area is 119 Å². The average Bonchev–Trinajstić information content (AvgIpc) is 2.41. The molecule has 5 heteroatoms. The third kappa shape index (κ3) is 3.85. The van der Waals surface area contributed by atoms with Crippen LogP contribution in [-0.4, -0.2) is 48.1 Å². The Morgan fingerprint density at radius 1 is 1.16 bits per heavy atom. The molecular weight excluding hydrogens is 262 g/mol. The van der Waals surface area contributed by atoms with Gasteiger partial charge < -0.3 is 10.2 Å². The van der Waals surface area contributed by atoms with Crippen LogP contribution in [0.15, 0.2) is 24.3 Å². The minimum Gasteiger partial charge on any atom is -0.322 e. The van der Waals surface area contributed by atoms with Crippen molar-refractivity contribution in [2.45, 2.75) is 19.9 Å². The molecule has 4 nitrogen and oxygen atoms in total. The van der Waals surface area contributed by atoms with Gasteiger partial charge in [0, 0.05) is 42.9 Å². The number of urea groups is 1. The van der Waals surface area contributed by atoms with Crippen molar-refractivity contribution in [3.05, 3.63) is 29.3 Å². The van der Waals surface area contributed by atoms with Crippen molar-refractivity contribution in [3.63, 3.8) is 0 Å². The molecule has 0 atom stereocenters. The van der Waals surface area contributed by atoms with E-state index in [0.29, 0.717) is 11.1 Å². The van der Waals surface area contributed by atoms with Crippen molar-refractivity contribution in [1.82, 2.24) is 9.80 Å². The van der Waals surface area contributed by atoms with Gasteiger partial charge in [-0.15, -0.1) is 0 Å². The number of carbonyl (C=O) groups excluding carboxylic acids is 1. The van der Waals surface area contributed by atoms with Gasteiger partial charge in [0.05, 0.1) is 0 Å². The van der Waals surface area contributed by atoms with E-state index in [9.17, 15) is 4.79 Å². The molecule has 1 saturated heterocycles. The summed E-state index contributed by atoms with van der Waals surface area (Å²) in [6, 6.07) is 7.67. The lowest BCUT2D eigenvalue weighted by Gasteiger charge is -2.36. The van der Waals surface area contributed by atoms with Crippen LogP contribution >= 0.6 is 11.6 Å². The second-order valence-corrected chi connectivity index (χ2v) is 5.49. The normalized spacial score (nSPS) is 16.7. The Morgan fingerprint density at radius 2 is 1.74 bits per heavy atom. The maximum atomic E-state index is 12.1. The third-order valence-electron chi connectivity index (χ3n) is 3.43. The summed E-state index contributed by atoms with van der Waals surface area (Å²) in [5.41, 5.74) is 0.778. The Kier molecular flexibility index (Phi) is 4.66. The van der Waals surface area contributed by atoms with E-state index in [1.54, 1.807) is 12.1 Å². The first-order chi connectivity index (χ1) is 9.06. The number of benzene rings is 1. The average molecular weight is 282 g/mol. The molecule has 0 spiro atoms. The first-order valence-corrected chi connectivity index (χ1v) is 6.99. The van der Waals surface area contributed by atoms with Gasteiger partial charge in [-0.1, -0.05) is 11.6 Å². The molecule has 104 valence electrons. The summed E-state index contributed by atoms with van der Waals surface area (Å²) >= 11 is 5.81. The zero-order chi connectivity index (χ0) is 13.8. The summed E-state index contributed by atoms with van der Waals surface area (Å²) in [6.45, 7) is 7.79. The fraction of sp³-hybridized carbons (Fsp3) is 0.500. The first kappa shape index (κ1) is 14.2. The van der Waals surface area contributed by atoms with Crippen molar-refractivity contribution in [2.24, 2.45) is 0 Å². The van der Waals surface area contributed by atoms with Crippen LogP contribution in [0.25, 0.3) is 0 Å². The Bertz CT molecular complexity index is 425. The summed E-state index contributed by atoms with van der Waals surface area (Å²) in [4.78, 5) is 16.3. The molecule has 1 aliphatic rings. The zero-order valence-electron chi connectivity index (χ0n) is 11.4. The number of carbonyl (C=O) groups is 1. The Morgan fingerprint density at radius 3 is 2.26 bits per heavy atom. The Hall–Kier alpha value is -1.26. The summed E-state index contributed by atoms with van der Waals surface area (Å²) in [5.74, 6) is 0. The first-order valence-electron chi connectivity index (χ1n) is 6.62. The van der Waals surface area contributed by atoms with E-state index in [1.165, 1.54) is 0 Å². The van der Waals surface area contributed by atoms with Gasteiger partial charge in [0.1, 0.15) is 0 Å². The van der Waals surface area contributed by atoms with E-state index in [4.69, 9.17) is 11.6 Å². The molecule has 0 radical (unpaired) electrons. The van der Waals surface area contributed by atoms with E-state index >= 15 is 0 Å². The van der Waals surface area contributed by atoms with E-state index < -0.39 is 0 Å². The van der Waals surface area contributed by atoms with Crippen LogP contribution in [0.4, 0.5) is 10.5 Å². The van der Waals surface area contributed by atoms with Gasteiger partial charge in [0.15, 0.2) is 0 Å². The van der Waals surface area contributed by atoms with Gasteiger partial charge in [-0.05, 0) is 38.1 Å². The number of amides is 2. The maximum Gasteiger partial charge on any atom is 0.321 e. The van der Waals surface area contributed by atoms with Crippen LogP contribution in [0.3, 0.4) is 0 Å². The van der Waals surface area contributed by atoms with Gasteiger partial charge in [-0.3, -0.25) is 4.90 Å². The van der Waals surface area contributed by atoms with Crippen molar-refractivity contribution in [3.8, 4) is 0 Å². The lowest BCUT2D eigenvalue weighted by atomic mass is 10.2. The lowest BCUT2D eigenvalue weighted by Crippen LogP contribution is -2.51. The monoisotopic (exact) mass is 281 g/mol. The van der Waals surface area contributed by atoms with Crippen LogP contribution in [0.5, 0.6) is 0 Å². The molecule has 0 bridgehead atoms. The highest BCUT2D eigenvalue weighted by molar-refractivity contribution is 6.30. The SMILES string of the molecule is CC(C)N1CCN(C(=O)Nc2ccc(Cl)cc2)CC1. The van der Waals surface area contributed by atoms with Crippen LogP contribution < -0.4 is 5.32 Å². The summed E-state index contributed by atoms with van der Waals surface area (Å²) < 4.78 is 0. The van der Waals surface area contributed by atoms with Crippen LogP contribution in [0.1, 0.15) is 13.8 Å². The lowest BCUT2D eigenvalue weighted by molar-refractivity contribution is 0.125. The van der Waals surface area contributed by atoms with Crippen LogP contribution in [0, 0.1) is 0 Å². The maximum absolute atomic E-state index is 12.1. The molecule has 2 rings (SSSR count). The number of halogens is 1. The second kappa shape index (κ2) is 6.26. The predicted molar refractivity (Wildman–Crippen MR) is 78.8 cm³/mol. The van der Waals surface area contributed by atoms with E-state index in [1.807, 2.05) is 17.0 Å². The highest BCUT2D eigenvalue weighted by Crippen LogP contribution is 2.14. The molecule has 1 heterocycles. The highest BCUT2D eigenvalue weighted by atomic mass is 35.5. The summed E-state index contributed by atoms with van der Waals surface area (Å²) in [7, 11) is 0. The Balaban J connectivity index is 1.86. The largest absolute Gasteiger partial charge is 0.322 e. The zero-order valence-corrected chi connectivity index (χ0v) is 12.2. The fourth-order valence-electron chi connectivity index (χ4n) is 2.18. The molecule has 1 fully saturated rings. The molecule has 1 aromatic carbocycles. The molecule has 1 N–H and O–H groups in total. The quantitative estimate of drug-likeness (QED) is 0.905. The molecule has 2 amide bonds. The molecule has 1 aliphatic heterocycles. The number of anilines is 1. The molecule has 0 saturated carbocycles. The van der Waals surface area contributed by atoms with E-state index in [2.05, 4.69) is 24.1 Å². The minimum absolute atomic E-state index is 0.0364. The number of hydrogen-bond donors (Lipinski definition) is 1. The second-order valence-electron chi connectivity index (χ2n) is 5.05. The number of rotatable bonds is 2. The number of nitrogens with one attached hydrogen (secondary N) is 1. The predicted octanol–water partition coefficient (Wildman–Crippen LogP) is 2.90. The minimum atomic E-state index is -0.0364. The number of hydrogen-bond acceptors (Lipinski definition) is 2. The van der Waals surface area contributed by atoms with Gasteiger partial charge >= 0.3 is 6.03 Å². The molecule has 19 heavy (non-hydrogen) atoms. The van der Waals surface area contributed by atoms with Gasteiger partial charge in [-0.25, -0.2) is 4.79 Å². The molecule has 0 unspecified atom stereocenters. The van der Waals surface area contributed by atoms with Gasteiger partial charge in [0.25, 0.3) is 0 Å². The fourth-order valence-corrected chi connectivity index (χ4v) is 2.30. The molecule has 0 aromatic heterocycles. The van der Waals surface area contributed by atoms with Crippen molar-refractivity contribution in [2.75, 3.05) is 31.5 Å². The standard InChI is InChI=1S/C14H20ClN3O/c1-11(2)17-7-9-18(10-8-17)14(19)16-13-5-3-12(15)4-6-13/h3-6,11H,7-10H2,1-2H3,(H,16,19). The third-order valence-corrected chi connectivity index (χ3v) is 3.68. The van der Waals surface area contributed by atoms with Crippen molar-refractivity contribution >= 4 is 23.3 Å². The van der Waals surface area contributed by atoms with E-state index in [-0.39, 0.29) is 6.03 Å². The van der Waals surface area contributed by atoms with Crippen molar-refractivity contribution < 1.29 is 4.79 Å². The highest BCUT2D eigenvalue weighted by Gasteiger charge is 2.22. The van der Waals surface area contributed by atoms with E-state index in [0.717, 1.165) is 31.9 Å². The molecule has 0 aliphatic carbocycles. The molecule has 1 aromatic rings. The van der Waals surface area contributed by atoms with Crippen molar-refractivity contribution in [1.29, 1.82) is 0 Å². The summed E-state index contributed by atoms with van der Waals surface area (Å²) in [5, 5.41) is 3.56. The van der Waals surface area contributed by atoms with Gasteiger partial charge in [-0.2, -0.15) is 0 Å². The van der Waals surface area contributed by atoms with Crippen LogP contribution in [0.2, 0.25) is 5.02 Å². The van der Waals surface area contributed by atoms with Gasteiger partial charge in [0.2, 0.25) is 0 Å². The summed E-state index contributed by atoms with van der Waals surface area (Å²) in [6.07, 6.45) is 0. The topological polar surface area (TPSA) is 35.6 Å².